The number of hydrogen-bond donors (Lipinski definition) is 1. The maximum atomic E-state index is 12.9. The number of para-hydroxylation sites is 2. The van der Waals surface area contributed by atoms with Gasteiger partial charge in [-0.3, -0.25) is 4.79 Å². The standard InChI is InChI=1S/C22H21N5O2S/c1-14-12-15(2)27-21(23-14)25-22(26-27)30-13-16-8-4-5-9-17(16)20(28)24-18-10-6-7-11-19(18)29-3/h4-12H,13H2,1-3H3,(H,24,28). The van der Waals surface area contributed by atoms with E-state index in [1.165, 1.54) is 11.8 Å². The van der Waals surface area contributed by atoms with Crippen LogP contribution in [-0.4, -0.2) is 32.6 Å². The van der Waals surface area contributed by atoms with E-state index in [0.717, 1.165) is 17.0 Å². The second kappa shape index (κ2) is 8.54. The second-order valence-electron chi connectivity index (χ2n) is 6.75. The highest BCUT2D eigenvalue weighted by molar-refractivity contribution is 7.98. The molecule has 7 nitrogen and oxygen atoms in total. The van der Waals surface area contributed by atoms with Crippen LogP contribution >= 0.6 is 11.8 Å². The number of ether oxygens (including phenoxy) is 1. The number of anilines is 1. The lowest BCUT2D eigenvalue weighted by Crippen LogP contribution is -2.14. The Balaban J connectivity index is 1.53. The van der Waals surface area contributed by atoms with Gasteiger partial charge in [0, 0.05) is 22.7 Å². The summed E-state index contributed by atoms with van der Waals surface area (Å²) in [6.07, 6.45) is 0. The first-order valence-electron chi connectivity index (χ1n) is 9.41. The van der Waals surface area contributed by atoms with Gasteiger partial charge in [0.25, 0.3) is 11.7 Å². The molecule has 0 saturated heterocycles. The lowest BCUT2D eigenvalue weighted by Gasteiger charge is -2.12. The van der Waals surface area contributed by atoms with Crippen molar-refractivity contribution in [3.05, 3.63) is 77.1 Å². The largest absolute Gasteiger partial charge is 0.495 e. The highest BCUT2D eigenvalue weighted by Crippen LogP contribution is 2.26. The summed E-state index contributed by atoms with van der Waals surface area (Å²) in [6.45, 7) is 3.91. The summed E-state index contributed by atoms with van der Waals surface area (Å²) in [5.41, 5.74) is 4.02. The number of amides is 1. The fourth-order valence-electron chi connectivity index (χ4n) is 3.16. The van der Waals surface area contributed by atoms with Crippen molar-refractivity contribution < 1.29 is 9.53 Å². The molecule has 0 aliphatic rings. The van der Waals surface area contributed by atoms with E-state index in [1.807, 2.05) is 68.4 Å². The third kappa shape index (κ3) is 4.13. The van der Waals surface area contributed by atoms with Gasteiger partial charge in [0.1, 0.15) is 5.75 Å². The van der Waals surface area contributed by atoms with Gasteiger partial charge in [-0.25, -0.2) is 9.50 Å². The number of nitrogens with zero attached hydrogens (tertiary/aromatic N) is 4. The van der Waals surface area contributed by atoms with Gasteiger partial charge >= 0.3 is 0 Å². The van der Waals surface area contributed by atoms with Crippen LogP contribution in [0.1, 0.15) is 27.3 Å². The highest BCUT2D eigenvalue weighted by Gasteiger charge is 2.15. The SMILES string of the molecule is COc1ccccc1NC(=O)c1ccccc1CSc1nc2nc(C)cc(C)n2n1. The van der Waals surface area contributed by atoms with E-state index in [4.69, 9.17) is 4.74 Å². The van der Waals surface area contributed by atoms with Gasteiger partial charge in [-0.15, -0.1) is 5.10 Å². The first kappa shape index (κ1) is 19.9. The van der Waals surface area contributed by atoms with Gasteiger partial charge in [0.2, 0.25) is 5.16 Å². The molecule has 0 fully saturated rings. The number of methoxy groups -OCH3 is 1. The van der Waals surface area contributed by atoms with Crippen LogP contribution in [0.3, 0.4) is 0 Å². The molecule has 0 unspecified atom stereocenters. The smallest absolute Gasteiger partial charge is 0.256 e. The third-order valence-corrected chi connectivity index (χ3v) is 5.46. The van der Waals surface area contributed by atoms with Gasteiger partial charge in [-0.2, -0.15) is 4.98 Å². The summed E-state index contributed by atoms with van der Waals surface area (Å²) in [7, 11) is 1.58. The summed E-state index contributed by atoms with van der Waals surface area (Å²) in [5, 5.41) is 8.08. The maximum Gasteiger partial charge on any atom is 0.256 e. The van der Waals surface area contributed by atoms with Crippen LogP contribution in [0, 0.1) is 13.8 Å². The minimum atomic E-state index is -0.188. The molecule has 30 heavy (non-hydrogen) atoms. The zero-order valence-electron chi connectivity index (χ0n) is 16.9. The molecule has 0 aliphatic heterocycles. The number of hydrogen-bond acceptors (Lipinski definition) is 6. The highest BCUT2D eigenvalue weighted by atomic mass is 32.2. The number of aryl methyl sites for hydroxylation is 2. The summed E-state index contributed by atoms with van der Waals surface area (Å²) in [4.78, 5) is 21.8. The van der Waals surface area contributed by atoms with Gasteiger partial charge in [0.05, 0.1) is 12.8 Å². The molecule has 0 atom stereocenters. The number of thioether (sulfide) groups is 1. The average Bonchev–Trinajstić information content (AvgIpc) is 3.16. The summed E-state index contributed by atoms with van der Waals surface area (Å²) in [5.74, 6) is 1.57. The van der Waals surface area contributed by atoms with Crippen molar-refractivity contribution in [1.82, 2.24) is 19.6 Å². The first-order chi connectivity index (χ1) is 14.5. The van der Waals surface area contributed by atoms with Crippen LogP contribution in [0.2, 0.25) is 0 Å². The van der Waals surface area contributed by atoms with Crippen LogP contribution in [-0.2, 0) is 5.75 Å². The number of benzene rings is 2. The molecular weight excluding hydrogens is 398 g/mol. The third-order valence-electron chi connectivity index (χ3n) is 4.57. The van der Waals surface area contributed by atoms with E-state index in [1.54, 1.807) is 11.6 Å². The second-order valence-corrected chi connectivity index (χ2v) is 7.69. The van der Waals surface area contributed by atoms with Crippen molar-refractivity contribution >= 4 is 29.1 Å². The fraction of sp³-hybridized carbons (Fsp3) is 0.182. The summed E-state index contributed by atoms with van der Waals surface area (Å²) < 4.78 is 7.05. The molecular formula is C22H21N5O2S. The Kier molecular flexibility index (Phi) is 5.67. The van der Waals surface area contributed by atoms with Crippen LogP contribution in [0.25, 0.3) is 5.78 Å². The minimum absolute atomic E-state index is 0.188. The van der Waals surface area contributed by atoms with Gasteiger partial charge in [0.15, 0.2) is 0 Å². The van der Waals surface area contributed by atoms with Crippen molar-refractivity contribution in [1.29, 1.82) is 0 Å². The molecule has 0 aliphatic carbocycles. The van der Waals surface area contributed by atoms with Crippen molar-refractivity contribution in [2.75, 3.05) is 12.4 Å². The predicted molar refractivity (Wildman–Crippen MR) is 117 cm³/mol. The molecule has 0 radical (unpaired) electrons. The Hall–Kier alpha value is -3.39. The fourth-order valence-corrected chi connectivity index (χ4v) is 3.98. The zero-order chi connectivity index (χ0) is 21.1. The van der Waals surface area contributed by atoms with E-state index >= 15 is 0 Å². The number of aromatic nitrogens is 4. The molecule has 8 heteroatoms. The predicted octanol–water partition coefficient (Wildman–Crippen LogP) is 4.29. The number of carbonyl (C=O) groups excluding carboxylic acids is 1. The van der Waals surface area contributed by atoms with Crippen LogP contribution in [0.4, 0.5) is 5.69 Å². The Morgan fingerprint density at radius 3 is 2.70 bits per heavy atom. The Labute approximate surface area is 178 Å². The monoisotopic (exact) mass is 419 g/mol. The summed E-state index contributed by atoms with van der Waals surface area (Å²) >= 11 is 1.47. The molecule has 152 valence electrons. The molecule has 1 amide bonds. The van der Waals surface area contributed by atoms with E-state index in [9.17, 15) is 4.79 Å². The van der Waals surface area contributed by atoms with Gasteiger partial charge < -0.3 is 10.1 Å². The lowest BCUT2D eigenvalue weighted by molar-refractivity contribution is 0.102. The zero-order valence-corrected chi connectivity index (χ0v) is 17.7. The van der Waals surface area contributed by atoms with Crippen molar-refractivity contribution in [2.45, 2.75) is 24.8 Å². The number of carbonyl (C=O) groups is 1. The van der Waals surface area contributed by atoms with Crippen molar-refractivity contribution in [2.24, 2.45) is 0 Å². The van der Waals surface area contributed by atoms with Crippen LogP contribution in [0.15, 0.2) is 59.8 Å². The molecule has 4 rings (SSSR count). The summed E-state index contributed by atoms with van der Waals surface area (Å²) in [6, 6.07) is 16.8. The molecule has 2 aromatic carbocycles. The number of nitrogens with one attached hydrogen (secondary N) is 1. The molecule has 1 N–H and O–H groups in total. The quantitative estimate of drug-likeness (QED) is 0.470. The Morgan fingerprint density at radius 2 is 1.87 bits per heavy atom. The van der Waals surface area contributed by atoms with E-state index in [0.29, 0.717) is 33.7 Å². The maximum absolute atomic E-state index is 12.9. The molecule has 0 spiro atoms. The van der Waals surface area contributed by atoms with Gasteiger partial charge in [-0.05, 0) is 43.7 Å². The molecule has 0 bridgehead atoms. The van der Waals surface area contributed by atoms with Crippen LogP contribution in [0.5, 0.6) is 5.75 Å². The van der Waals surface area contributed by atoms with E-state index in [2.05, 4.69) is 20.4 Å². The Morgan fingerprint density at radius 1 is 1.10 bits per heavy atom. The molecule has 2 heterocycles. The first-order valence-corrected chi connectivity index (χ1v) is 10.4. The van der Waals surface area contributed by atoms with E-state index in [-0.39, 0.29) is 5.91 Å². The van der Waals surface area contributed by atoms with Gasteiger partial charge in [-0.1, -0.05) is 42.1 Å². The van der Waals surface area contributed by atoms with Crippen LogP contribution < -0.4 is 10.1 Å². The number of rotatable bonds is 6. The van der Waals surface area contributed by atoms with Crippen molar-refractivity contribution in [3.63, 3.8) is 0 Å². The van der Waals surface area contributed by atoms with E-state index < -0.39 is 0 Å². The molecule has 4 aromatic rings. The normalized spacial score (nSPS) is 10.9. The topological polar surface area (TPSA) is 81.4 Å². The van der Waals surface area contributed by atoms with Crippen molar-refractivity contribution in [3.8, 4) is 5.75 Å². The Bertz CT molecular complexity index is 1220. The minimum Gasteiger partial charge on any atom is -0.495 e. The lowest BCUT2D eigenvalue weighted by atomic mass is 10.1. The average molecular weight is 420 g/mol. The molecule has 0 saturated carbocycles. The molecule has 2 aromatic heterocycles. The number of fused-ring (bicyclic) bond motifs is 1.